The molecule has 2 bridgehead atoms. The van der Waals surface area contributed by atoms with E-state index >= 15 is 0 Å². The molecule has 2 aliphatic carbocycles. The molecule has 1 heterocycles. The van der Waals surface area contributed by atoms with Gasteiger partial charge in [-0.05, 0) is 55.8 Å². The molecule has 7 nitrogen and oxygen atoms in total. The average molecular weight is 306 g/mol. The largest absolute Gasteiger partial charge is 0.358 e. The van der Waals surface area contributed by atoms with E-state index < -0.39 is 4.92 Å². The Hall–Kier alpha value is -1.92. The quantitative estimate of drug-likeness (QED) is 0.666. The molecule has 1 aromatic heterocycles. The number of carbonyl (C=O) groups excluding carboxylic acids is 1. The molecule has 2 saturated carbocycles. The molecule has 0 aromatic carbocycles. The van der Waals surface area contributed by atoms with Gasteiger partial charge in [-0.3, -0.25) is 4.79 Å². The van der Waals surface area contributed by atoms with Gasteiger partial charge in [-0.25, -0.2) is 0 Å². The molecular weight excluding hydrogens is 284 g/mol. The number of amides is 1. The van der Waals surface area contributed by atoms with Gasteiger partial charge in [0.25, 0.3) is 5.91 Å². The van der Waals surface area contributed by atoms with Crippen LogP contribution < -0.4 is 5.32 Å². The summed E-state index contributed by atoms with van der Waals surface area (Å²) in [5, 5.41) is 18.0. The zero-order valence-electron chi connectivity index (χ0n) is 13.0. The van der Waals surface area contributed by atoms with Gasteiger partial charge < -0.3 is 15.4 Å². The zero-order valence-corrected chi connectivity index (χ0v) is 13.0. The maximum atomic E-state index is 12.2. The second-order valence-electron chi connectivity index (χ2n) is 6.75. The molecule has 22 heavy (non-hydrogen) atoms. The van der Waals surface area contributed by atoms with Crippen molar-refractivity contribution in [2.75, 3.05) is 0 Å². The summed E-state index contributed by atoms with van der Waals surface area (Å²) in [4.78, 5) is 22.6. The third-order valence-electron chi connectivity index (χ3n) is 5.18. The first kappa shape index (κ1) is 15.0. The first-order valence-corrected chi connectivity index (χ1v) is 7.92. The highest BCUT2D eigenvalue weighted by molar-refractivity contribution is 5.76. The first-order chi connectivity index (χ1) is 10.4. The fraction of sp³-hybridized carbons (Fsp3) is 0.733. The van der Waals surface area contributed by atoms with Crippen LogP contribution in [0.25, 0.3) is 0 Å². The van der Waals surface area contributed by atoms with Crippen LogP contribution in [0.3, 0.4) is 0 Å². The lowest BCUT2D eigenvalue weighted by molar-refractivity contribution is -0.392. The van der Waals surface area contributed by atoms with E-state index in [0.717, 1.165) is 16.5 Å². The van der Waals surface area contributed by atoms with Gasteiger partial charge in [0.15, 0.2) is 6.54 Å². The van der Waals surface area contributed by atoms with Crippen LogP contribution in [0.1, 0.15) is 38.3 Å². The number of rotatable bonds is 5. The van der Waals surface area contributed by atoms with E-state index in [0.29, 0.717) is 11.6 Å². The molecule has 0 saturated heterocycles. The van der Waals surface area contributed by atoms with E-state index in [9.17, 15) is 14.9 Å². The summed E-state index contributed by atoms with van der Waals surface area (Å²) in [6.45, 7) is 3.63. The summed E-state index contributed by atoms with van der Waals surface area (Å²) in [5.74, 6) is 1.78. The molecule has 1 aromatic rings. The van der Waals surface area contributed by atoms with Gasteiger partial charge in [0, 0.05) is 6.04 Å². The second kappa shape index (κ2) is 5.70. The van der Waals surface area contributed by atoms with Crippen molar-refractivity contribution in [1.82, 2.24) is 15.1 Å². The predicted molar refractivity (Wildman–Crippen MR) is 80.2 cm³/mol. The lowest BCUT2D eigenvalue weighted by Gasteiger charge is -2.28. The molecule has 4 unspecified atom stereocenters. The number of nitrogens with zero attached hydrogens (tertiary/aromatic N) is 3. The summed E-state index contributed by atoms with van der Waals surface area (Å²) in [6.07, 6.45) is 5.11. The van der Waals surface area contributed by atoms with E-state index in [2.05, 4.69) is 10.4 Å². The zero-order chi connectivity index (χ0) is 15.9. The van der Waals surface area contributed by atoms with E-state index in [1.807, 2.05) is 6.92 Å². The summed E-state index contributed by atoms with van der Waals surface area (Å²) in [7, 11) is 0. The fourth-order valence-electron chi connectivity index (χ4n) is 4.24. The third kappa shape index (κ3) is 2.84. The number of nitrogens with one attached hydrogen (secondary N) is 1. The standard InChI is InChI=1S/C15H22N4O3/c1-9-5-15(19(21)22)18(17-9)8-14(20)16-10(2)13-7-11-3-4-12(13)6-11/h5,10-13H,3-4,6-8H2,1-2H3,(H,16,20). The summed E-state index contributed by atoms with van der Waals surface area (Å²) >= 11 is 0. The maximum Gasteiger partial charge on any atom is 0.345 e. The molecule has 2 aliphatic rings. The van der Waals surface area contributed by atoms with Crippen molar-refractivity contribution in [3.05, 3.63) is 21.9 Å². The highest BCUT2D eigenvalue weighted by atomic mass is 16.6. The number of hydrogen-bond donors (Lipinski definition) is 1. The van der Waals surface area contributed by atoms with Crippen LogP contribution in [0.15, 0.2) is 6.07 Å². The van der Waals surface area contributed by atoms with Crippen molar-refractivity contribution < 1.29 is 9.72 Å². The van der Waals surface area contributed by atoms with Crippen LogP contribution >= 0.6 is 0 Å². The lowest BCUT2D eigenvalue weighted by Crippen LogP contribution is -2.41. The van der Waals surface area contributed by atoms with Crippen molar-refractivity contribution in [2.24, 2.45) is 17.8 Å². The minimum absolute atomic E-state index is 0.102. The molecule has 120 valence electrons. The van der Waals surface area contributed by atoms with Crippen molar-refractivity contribution in [3.63, 3.8) is 0 Å². The summed E-state index contributed by atoms with van der Waals surface area (Å²) in [6, 6.07) is 1.51. The Balaban J connectivity index is 1.59. The van der Waals surface area contributed by atoms with E-state index in [1.165, 1.54) is 31.7 Å². The molecular formula is C15H22N4O3. The summed E-state index contributed by atoms with van der Waals surface area (Å²) < 4.78 is 1.16. The van der Waals surface area contributed by atoms with Crippen LogP contribution in [-0.2, 0) is 11.3 Å². The smallest absolute Gasteiger partial charge is 0.345 e. The van der Waals surface area contributed by atoms with Gasteiger partial charge in [0.1, 0.15) is 0 Å². The molecule has 0 aliphatic heterocycles. The molecule has 0 spiro atoms. The van der Waals surface area contributed by atoms with Crippen LogP contribution in [0.2, 0.25) is 0 Å². The van der Waals surface area contributed by atoms with Crippen LogP contribution in [-0.4, -0.2) is 26.7 Å². The number of fused-ring (bicyclic) bond motifs is 2. The van der Waals surface area contributed by atoms with Gasteiger partial charge in [-0.2, -0.15) is 0 Å². The molecule has 4 atom stereocenters. The molecule has 2 fully saturated rings. The van der Waals surface area contributed by atoms with Crippen LogP contribution in [0.4, 0.5) is 5.82 Å². The minimum Gasteiger partial charge on any atom is -0.358 e. The average Bonchev–Trinajstić information content (AvgIpc) is 3.13. The Morgan fingerprint density at radius 3 is 2.91 bits per heavy atom. The van der Waals surface area contributed by atoms with Crippen molar-refractivity contribution >= 4 is 11.7 Å². The van der Waals surface area contributed by atoms with Gasteiger partial charge in [-0.1, -0.05) is 11.5 Å². The normalized spacial score (nSPS) is 27.8. The van der Waals surface area contributed by atoms with Gasteiger partial charge in [0.05, 0.1) is 11.8 Å². The Kier molecular flexibility index (Phi) is 3.88. The van der Waals surface area contributed by atoms with Gasteiger partial charge >= 0.3 is 5.82 Å². The molecule has 3 rings (SSSR count). The van der Waals surface area contributed by atoms with Gasteiger partial charge in [0.2, 0.25) is 0 Å². The van der Waals surface area contributed by atoms with Crippen molar-refractivity contribution in [2.45, 2.75) is 52.1 Å². The van der Waals surface area contributed by atoms with Crippen LogP contribution in [0, 0.1) is 34.8 Å². The van der Waals surface area contributed by atoms with Crippen molar-refractivity contribution in [3.8, 4) is 0 Å². The Morgan fingerprint density at radius 1 is 1.55 bits per heavy atom. The predicted octanol–water partition coefficient (Wildman–Crippen LogP) is 2.04. The van der Waals surface area contributed by atoms with Crippen molar-refractivity contribution in [1.29, 1.82) is 0 Å². The maximum absolute atomic E-state index is 12.2. The van der Waals surface area contributed by atoms with E-state index in [1.54, 1.807) is 6.92 Å². The Bertz CT molecular complexity index is 598. The fourth-order valence-corrected chi connectivity index (χ4v) is 4.24. The number of hydrogen-bond acceptors (Lipinski definition) is 4. The Labute approximate surface area is 129 Å². The number of carbonyl (C=O) groups is 1. The summed E-state index contributed by atoms with van der Waals surface area (Å²) in [5.41, 5.74) is 0.542. The molecule has 0 radical (unpaired) electrons. The monoisotopic (exact) mass is 306 g/mol. The topological polar surface area (TPSA) is 90.1 Å². The highest BCUT2D eigenvalue weighted by Gasteiger charge is 2.42. The van der Waals surface area contributed by atoms with Gasteiger partial charge in [-0.15, -0.1) is 4.68 Å². The third-order valence-corrected chi connectivity index (χ3v) is 5.18. The number of aryl methyl sites for hydroxylation is 1. The van der Waals surface area contributed by atoms with Crippen LogP contribution in [0.5, 0.6) is 0 Å². The molecule has 7 heteroatoms. The van der Waals surface area contributed by atoms with E-state index in [4.69, 9.17) is 0 Å². The highest BCUT2D eigenvalue weighted by Crippen LogP contribution is 2.49. The SMILES string of the molecule is Cc1cc([N+](=O)[O-])n(CC(=O)NC(C)C2CC3CCC2C3)n1. The lowest BCUT2D eigenvalue weighted by atomic mass is 9.84. The minimum atomic E-state index is -0.507. The number of nitro groups is 1. The molecule has 1 N–H and O–H groups in total. The molecule has 1 amide bonds. The second-order valence-corrected chi connectivity index (χ2v) is 6.75. The number of aromatic nitrogens is 2. The first-order valence-electron chi connectivity index (χ1n) is 7.92. The van der Waals surface area contributed by atoms with E-state index in [-0.39, 0.29) is 24.3 Å². The Morgan fingerprint density at radius 2 is 2.32 bits per heavy atom.